The molecule has 0 spiro atoms. The van der Waals surface area contributed by atoms with E-state index in [1.807, 2.05) is 0 Å². The highest BCUT2D eigenvalue weighted by atomic mass is 35.5. The lowest BCUT2D eigenvalue weighted by molar-refractivity contribution is -0.155. The van der Waals surface area contributed by atoms with Crippen molar-refractivity contribution in [2.24, 2.45) is 0 Å². The van der Waals surface area contributed by atoms with Crippen molar-refractivity contribution >= 4 is 29.2 Å². The molecule has 5 heteroatoms. The zero-order chi connectivity index (χ0) is 9.84. The molecule has 0 aliphatic heterocycles. The molecule has 0 aromatic carbocycles. The van der Waals surface area contributed by atoms with Crippen molar-refractivity contribution in [2.75, 3.05) is 0 Å². The van der Waals surface area contributed by atoms with Crippen LogP contribution in [0, 0.1) is 0 Å². The highest BCUT2D eigenvalue weighted by Gasteiger charge is 2.28. The Labute approximate surface area is 87.0 Å². The molecule has 0 radical (unpaired) electrons. The first-order valence-corrected chi connectivity index (χ1v) is 5.15. The maximum Gasteiger partial charge on any atom is 0.339 e. The molecule has 1 saturated carbocycles. The molecule has 1 rings (SSSR count). The molecule has 0 amide bonds. The van der Waals surface area contributed by atoms with Crippen molar-refractivity contribution in [3.05, 3.63) is 0 Å². The number of hydrogen-bond donors (Lipinski definition) is 1. The van der Waals surface area contributed by atoms with Gasteiger partial charge in [0.1, 0.15) is 6.10 Å². The Balaban J connectivity index is 2.38. The Morgan fingerprint density at radius 3 is 2.54 bits per heavy atom. The van der Waals surface area contributed by atoms with Crippen LogP contribution in [0.2, 0.25) is 0 Å². The van der Waals surface area contributed by atoms with Gasteiger partial charge < -0.3 is 9.84 Å². The van der Waals surface area contributed by atoms with E-state index in [1.54, 1.807) is 0 Å². The van der Waals surface area contributed by atoms with Crippen LogP contribution in [-0.2, 0) is 9.53 Å². The lowest BCUT2D eigenvalue weighted by Gasteiger charge is -2.27. The molecule has 1 fully saturated rings. The van der Waals surface area contributed by atoms with Crippen molar-refractivity contribution in [1.29, 1.82) is 0 Å². The summed E-state index contributed by atoms with van der Waals surface area (Å²) in [7, 11) is 0. The topological polar surface area (TPSA) is 46.5 Å². The third-order valence-corrected chi connectivity index (χ3v) is 2.47. The number of carbonyl (C=O) groups excluding carboxylic acids is 1. The Hall–Kier alpha value is 0.01000. The predicted molar refractivity (Wildman–Crippen MR) is 49.8 cm³/mol. The van der Waals surface area contributed by atoms with Gasteiger partial charge in [-0.05, 0) is 19.3 Å². The van der Waals surface area contributed by atoms with E-state index >= 15 is 0 Å². The monoisotopic (exact) mass is 226 g/mol. The summed E-state index contributed by atoms with van der Waals surface area (Å²) in [4.78, 5) is 9.80. The van der Waals surface area contributed by atoms with Crippen LogP contribution in [0.5, 0.6) is 0 Å². The minimum absolute atomic E-state index is 0.429. The van der Waals surface area contributed by atoms with Crippen molar-refractivity contribution in [3.63, 3.8) is 0 Å². The molecule has 0 unspecified atom stereocenters. The smallest absolute Gasteiger partial charge is 0.339 e. The van der Waals surface area contributed by atoms with Crippen LogP contribution >= 0.6 is 23.2 Å². The minimum atomic E-state index is -1.16. The van der Waals surface area contributed by atoms with E-state index in [0.29, 0.717) is 12.8 Å². The second-order valence-corrected chi connectivity index (χ2v) is 4.22. The summed E-state index contributed by atoms with van der Waals surface area (Å²) in [6, 6.07) is 0. The number of aliphatic hydroxyl groups excluding tert-OH is 1. The van der Waals surface area contributed by atoms with Crippen LogP contribution < -0.4 is 0 Å². The van der Waals surface area contributed by atoms with Crippen molar-refractivity contribution in [1.82, 2.24) is 0 Å². The van der Waals surface area contributed by atoms with Gasteiger partial charge in [0, 0.05) is 0 Å². The van der Waals surface area contributed by atoms with Crippen LogP contribution in [0.4, 0.5) is 0 Å². The number of rotatable bonds is 2. The van der Waals surface area contributed by atoms with E-state index in [-0.39, 0.29) is 0 Å². The lowest BCUT2D eigenvalue weighted by atomic mass is 9.95. The first kappa shape index (κ1) is 11.1. The number of esters is 1. The van der Waals surface area contributed by atoms with E-state index in [9.17, 15) is 9.90 Å². The number of halogens is 2. The Bertz CT molecular complexity index is 184. The molecule has 0 heterocycles. The molecule has 0 aromatic rings. The summed E-state index contributed by atoms with van der Waals surface area (Å²) < 4.78 is 4.91. The van der Waals surface area contributed by atoms with Gasteiger partial charge in [0.2, 0.25) is 4.84 Å². The number of aliphatic hydroxyl groups is 1. The van der Waals surface area contributed by atoms with Crippen LogP contribution in [-0.4, -0.2) is 28.1 Å². The van der Waals surface area contributed by atoms with Crippen molar-refractivity contribution in [2.45, 2.75) is 42.7 Å². The molecule has 3 nitrogen and oxygen atoms in total. The van der Waals surface area contributed by atoms with Gasteiger partial charge in [0.15, 0.2) is 0 Å². The summed E-state index contributed by atoms with van der Waals surface area (Å²) in [5.74, 6) is -0.672. The van der Waals surface area contributed by atoms with E-state index in [0.717, 1.165) is 12.8 Å². The van der Waals surface area contributed by atoms with Crippen LogP contribution in [0.15, 0.2) is 0 Å². The lowest BCUT2D eigenvalue weighted by Crippen LogP contribution is -2.35. The molecule has 76 valence electrons. The summed E-state index contributed by atoms with van der Waals surface area (Å²) in [5.41, 5.74) is 0. The summed E-state index contributed by atoms with van der Waals surface area (Å²) in [6.07, 6.45) is 2.30. The maximum atomic E-state index is 11.0. The van der Waals surface area contributed by atoms with Crippen molar-refractivity contribution < 1.29 is 14.6 Å². The van der Waals surface area contributed by atoms with Gasteiger partial charge in [-0.3, -0.25) is 0 Å². The average Bonchev–Trinajstić information content (AvgIpc) is 2.08. The second kappa shape index (κ2) is 5.03. The quantitative estimate of drug-likeness (QED) is 0.576. The largest absolute Gasteiger partial charge is 0.458 e. The van der Waals surface area contributed by atoms with E-state index in [4.69, 9.17) is 27.9 Å². The van der Waals surface area contributed by atoms with E-state index in [1.165, 1.54) is 0 Å². The van der Waals surface area contributed by atoms with Gasteiger partial charge in [0.25, 0.3) is 0 Å². The highest BCUT2D eigenvalue weighted by Crippen LogP contribution is 2.22. The highest BCUT2D eigenvalue weighted by molar-refractivity contribution is 6.52. The van der Waals surface area contributed by atoms with Gasteiger partial charge in [0.05, 0.1) is 6.10 Å². The SMILES string of the molecule is O=C(O[C@@H]1CCCC[C@@H]1O)C(Cl)Cl. The van der Waals surface area contributed by atoms with Gasteiger partial charge in [-0.2, -0.15) is 0 Å². The molecule has 1 N–H and O–H groups in total. The predicted octanol–water partition coefficient (Wildman–Crippen LogP) is 1.64. The number of hydrogen-bond acceptors (Lipinski definition) is 3. The summed E-state index contributed by atoms with van der Waals surface area (Å²) in [5, 5.41) is 9.44. The number of ether oxygens (including phenoxy) is 1. The Kier molecular flexibility index (Phi) is 4.29. The molecule has 13 heavy (non-hydrogen) atoms. The Morgan fingerprint density at radius 1 is 1.38 bits per heavy atom. The normalized spacial score (nSPS) is 28.9. The fourth-order valence-electron chi connectivity index (χ4n) is 1.42. The molecule has 2 atom stereocenters. The summed E-state index contributed by atoms with van der Waals surface area (Å²) >= 11 is 10.6. The average molecular weight is 227 g/mol. The second-order valence-electron chi connectivity index (χ2n) is 3.13. The van der Waals surface area contributed by atoms with Crippen molar-refractivity contribution in [3.8, 4) is 0 Å². The molecule has 1 aliphatic rings. The maximum absolute atomic E-state index is 11.0. The number of carbonyl (C=O) groups is 1. The third-order valence-electron chi connectivity index (χ3n) is 2.11. The molecule has 0 bridgehead atoms. The van der Waals surface area contributed by atoms with Crippen LogP contribution in [0.25, 0.3) is 0 Å². The Morgan fingerprint density at radius 2 is 2.00 bits per heavy atom. The van der Waals surface area contributed by atoms with Crippen LogP contribution in [0.3, 0.4) is 0 Å². The molecular formula is C8H12Cl2O3. The zero-order valence-electron chi connectivity index (χ0n) is 7.08. The standard InChI is InChI=1S/C8H12Cl2O3/c9-7(10)8(12)13-6-4-2-1-3-5(6)11/h5-7,11H,1-4H2/t5-,6+/m0/s1. The molecule has 0 aromatic heterocycles. The fraction of sp³-hybridized carbons (Fsp3) is 0.875. The first-order valence-electron chi connectivity index (χ1n) is 4.28. The molecule has 1 aliphatic carbocycles. The molecule has 0 saturated heterocycles. The summed E-state index contributed by atoms with van der Waals surface area (Å²) in [6.45, 7) is 0. The van der Waals surface area contributed by atoms with E-state index in [2.05, 4.69) is 0 Å². The van der Waals surface area contributed by atoms with Gasteiger partial charge >= 0.3 is 5.97 Å². The van der Waals surface area contributed by atoms with Gasteiger partial charge in [-0.25, -0.2) is 4.79 Å². The zero-order valence-corrected chi connectivity index (χ0v) is 8.59. The number of alkyl halides is 2. The van der Waals surface area contributed by atoms with Gasteiger partial charge in [-0.15, -0.1) is 0 Å². The first-order chi connectivity index (χ1) is 6.11. The van der Waals surface area contributed by atoms with Crippen LogP contribution in [0.1, 0.15) is 25.7 Å². The third kappa shape index (κ3) is 3.33. The van der Waals surface area contributed by atoms with Gasteiger partial charge in [-0.1, -0.05) is 29.6 Å². The van der Waals surface area contributed by atoms with E-state index < -0.39 is 23.0 Å². The minimum Gasteiger partial charge on any atom is -0.458 e. The fourth-order valence-corrected chi connectivity index (χ4v) is 1.52. The molecular weight excluding hydrogens is 215 g/mol.